The van der Waals surface area contributed by atoms with Crippen molar-refractivity contribution in [3.05, 3.63) is 0 Å². The summed E-state index contributed by atoms with van der Waals surface area (Å²) in [5.41, 5.74) is 0. The number of nitrogens with two attached hydrogens (primary N) is 2. The third kappa shape index (κ3) is 5.05. The highest BCUT2D eigenvalue weighted by molar-refractivity contribution is 7.90. The van der Waals surface area contributed by atoms with Gasteiger partial charge < -0.3 is 0 Å². The van der Waals surface area contributed by atoms with E-state index in [2.05, 4.69) is 10.3 Å². The van der Waals surface area contributed by atoms with Crippen LogP contribution in [0.25, 0.3) is 0 Å². The first kappa shape index (κ1) is 18.8. The fraction of sp³-hybridized carbons (Fsp3) is 1.00. The van der Waals surface area contributed by atoms with E-state index in [1.54, 1.807) is 0 Å². The van der Waals surface area contributed by atoms with E-state index in [0.29, 0.717) is 0 Å². The molecular formula is C3H6F6N2O4S2. The van der Waals surface area contributed by atoms with Gasteiger partial charge in [-0.3, -0.25) is 0 Å². The van der Waals surface area contributed by atoms with E-state index in [1.807, 2.05) is 0 Å². The zero-order valence-electron chi connectivity index (χ0n) is 7.49. The van der Waals surface area contributed by atoms with Crippen LogP contribution in [0.4, 0.5) is 26.3 Å². The van der Waals surface area contributed by atoms with Crippen molar-refractivity contribution >= 4 is 20.9 Å². The normalized spacial score (nSPS) is 13.5. The average molecular weight is 312 g/mol. The smallest absolute Gasteiger partial charge is 0.231 e. The van der Waals surface area contributed by atoms with Crippen LogP contribution in [0.15, 0.2) is 0 Å². The van der Waals surface area contributed by atoms with Gasteiger partial charge in [0.25, 0.3) is 10.0 Å². The molecule has 17 heavy (non-hydrogen) atoms. The number of sulfonamides is 1. The summed E-state index contributed by atoms with van der Waals surface area (Å²) in [6.45, 7) is 0. The van der Waals surface area contributed by atoms with E-state index in [4.69, 9.17) is 8.42 Å². The summed E-state index contributed by atoms with van der Waals surface area (Å²) in [6.07, 6.45) is -4.82. The SMILES string of the molecule is NS(=O)(=O)C(F)(F)C(F)(F)C(F)F.N[SH](=O)=O. The highest BCUT2D eigenvalue weighted by Gasteiger charge is 2.69. The predicted molar refractivity (Wildman–Crippen MR) is 43.5 cm³/mol. The van der Waals surface area contributed by atoms with Crippen LogP contribution in [0.2, 0.25) is 0 Å². The molecule has 0 aromatic carbocycles. The summed E-state index contributed by atoms with van der Waals surface area (Å²) < 4.78 is 108. The van der Waals surface area contributed by atoms with Gasteiger partial charge in [0, 0.05) is 0 Å². The molecule has 0 atom stereocenters. The Labute approximate surface area is 92.7 Å². The Morgan fingerprint density at radius 1 is 1.06 bits per heavy atom. The molecular weight excluding hydrogens is 306 g/mol. The molecule has 0 rings (SSSR count). The largest absolute Gasteiger partial charge is 0.426 e. The summed E-state index contributed by atoms with van der Waals surface area (Å²) in [6, 6.07) is 0. The number of halogens is 6. The molecule has 0 unspecified atom stereocenters. The van der Waals surface area contributed by atoms with Gasteiger partial charge in [-0.25, -0.2) is 35.9 Å². The monoisotopic (exact) mass is 312 g/mol. The number of hydrogen-bond acceptors (Lipinski definition) is 4. The van der Waals surface area contributed by atoms with Crippen LogP contribution in [0.1, 0.15) is 0 Å². The number of primary sulfonamides is 1. The van der Waals surface area contributed by atoms with Gasteiger partial charge in [0.1, 0.15) is 0 Å². The first-order valence-corrected chi connectivity index (χ1v) is 5.92. The lowest BCUT2D eigenvalue weighted by molar-refractivity contribution is -0.225. The van der Waals surface area contributed by atoms with Crippen molar-refractivity contribution in [1.82, 2.24) is 0 Å². The van der Waals surface area contributed by atoms with Gasteiger partial charge in [-0.2, -0.15) is 17.6 Å². The van der Waals surface area contributed by atoms with E-state index in [-0.39, 0.29) is 0 Å². The minimum absolute atomic E-state index is 2.62. The molecule has 0 aromatic rings. The molecule has 14 heteroatoms. The molecule has 0 aromatic heterocycles. The number of alkyl halides is 6. The standard InChI is InChI=1S/C3H3F6NO2S.H3NO2S/c4-1(5)2(6,7)3(8,9)13(10,11)12;1-4(2)3/h1H,(H2,10,11,12);4H,(H2,1,2,3). The van der Waals surface area contributed by atoms with Gasteiger partial charge in [0.05, 0.1) is 0 Å². The van der Waals surface area contributed by atoms with Crippen molar-refractivity contribution in [2.24, 2.45) is 10.3 Å². The molecule has 0 bridgehead atoms. The molecule has 0 radical (unpaired) electrons. The molecule has 0 amide bonds. The molecule has 0 saturated carbocycles. The summed E-state index contributed by atoms with van der Waals surface area (Å²) in [4.78, 5) is 0. The summed E-state index contributed by atoms with van der Waals surface area (Å²) in [5, 5.41) is 1.73. The lowest BCUT2D eigenvalue weighted by Gasteiger charge is -2.23. The van der Waals surface area contributed by atoms with E-state index in [0.717, 1.165) is 0 Å². The lowest BCUT2D eigenvalue weighted by atomic mass is 10.4. The fourth-order valence-corrected chi connectivity index (χ4v) is 0.785. The van der Waals surface area contributed by atoms with Gasteiger partial charge in [-0.1, -0.05) is 0 Å². The van der Waals surface area contributed by atoms with E-state index in [1.165, 1.54) is 0 Å². The Bertz CT molecular complexity index is 409. The number of hydrogen-bond donors (Lipinski definition) is 3. The molecule has 0 fully saturated rings. The maximum absolute atomic E-state index is 12.0. The lowest BCUT2D eigenvalue weighted by Crippen LogP contribution is -2.54. The Morgan fingerprint density at radius 2 is 1.29 bits per heavy atom. The van der Waals surface area contributed by atoms with Gasteiger partial charge in [0.15, 0.2) is 10.9 Å². The van der Waals surface area contributed by atoms with Gasteiger partial charge >= 0.3 is 17.6 Å². The van der Waals surface area contributed by atoms with Crippen molar-refractivity contribution in [3.63, 3.8) is 0 Å². The molecule has 4 N–H and O–H groups in total. The Hall–Kier alpha value is -0.600. The second-order valence-electron chi connectivity index (χ2n) is 2.27. The fourth-order valence-electron chi connectivity index (χ4n) is 0.317. The number of thiol groups is 1. The summed E-state index contributed by atoms with van der Waals surface area (Å²) in [7, 11) is -8.69. The molecule has 106 valence electrons. The molecule has 0 aliphatic carbocycles. The highest BCUT2D eigenvalue weighted by Crippen LogP contribution is 2.41. The molecule has 6 nitrogen and oxygen atoms in total. The van der Waals surface area contributed by atoms with Crippen LogP contribution in [-0.4, -0.2) is 34.4 Å². The summed E-state index contributed by atoms with van der Waals surface area (Å²) in [5.74, 6) is -6.00. The third-order valence-electron chi connectivity index (χ3n) is 1.02. The molecule has 0 aliphatic heterocycles. The molecule has 0 heterocycles. The second kappa shape index (κ2) is 5.83. The maximum Gasteiger partial charge on any atom is 0.426 e. The first-order chi connectivity index (χ1) is 7.18. The number of rotatable bonds is 3. The van der Waals surface area contributed by atoms with Gasteiger partial charge in [0.2, 0.25) is 0 Å². The van der Waals surface area contributed by atoms with E-state index < -0.39 is 38.5 Å². The quantitative estimate of drug-likeness (QED) is 0.468. The Morgan fingerprint density at radius 3 is 1.35 bits per heavy atom. The zero-order valence-corrected chi connectivity index (χ0v) is 9.20. The van der Waals surface area contributed by atoms with Crippen LogP contribution in [0, 0.1) is 0 Å². The predicted octanol–water partition coefficient (Wildman–Crippen LogP) is -0.760. The maximum atomic E-state index is 12.0. The van der Waals surface area contributed by atoms with Crippen molar-refractivity contribution in [2.45, 2.75) is 17.6 Å². The first-order valence-electron chi connectivity index (χ1n) is 3.13. The summed E-state index contributed by atoms with van der Waals surface area (Å²) >= 11 is 0. The zero-order chi connectivity index (χ0) is 14.7. The van der Waals surface area contributed by atoms with Crippen molar-refractivity contribution in [3.8, 4) is 0 Å². The van der Waals surface area contributed by atoms with Crippen molar-refractivity contribution in [1.29, 1.82) is 0 Å². The van der Waals surface area contributed by atoms with Crippen molar-refractivity contribution in [2.75, 3.05) is 0 Å². The topological polar surface area (TPSA) is 120 Å². The molecule has 0 spiro atoms. The van der Waals surface area contributed by atoms with E-state index in [9.17, 15) is 34.8 Å². The van der Waals surface area contributed by atoms with Crippen molar-refractivity contribution < 1.29 is 43.2 Å². The van der Waals surface area contributed by atoms with Crippen LogP contribution < -0.4 is 10.3 Å². The Kier molecular flexibility index (Phi) is 6.43. The highest BCUT2D eigenvalue weighted by atomic mass is 32.2. The Balaban J connectivity index is 0. The van der Waals surface area contributed by atoms with E-state index >= 15 is 0 Å². The van der Waals surface area contributed by atoms with Gasteiger partial charge in [-0.15, -0.1) is 0 Å². The molecule has 0 saturated heterocycles. The van der Waals surface area contributed by atoms with Crippen LogP contribution >= 0.6 is 0 Å². The second-order valence-corrected chi connectivity index (χ2v) is 4.44. The molecule has 0 aliphatic rings. The minimum Gasteiger partial charge on any atom is -0.231 e. The average Bonchev–Trinajstić information content (AvgIpc) is 1.99. The third-order valence-corrected chi connectivity index (χ3v) is 2.01. The van der Waals surface area contributed by atoms with Crippen LogP contribution in [0.5, 0.6) is 0 Å². The van der Waals surface area contributed by atoms with Crippen LogP contribution in [0.3, 0.4) is 0 Å². The van der Waals surface area contributed by atoms with Gasteiger partial charge in [-0.05, 0) is 0 Å². The van der Waals surface area contributed by atoms with Crippen LogP contribution in [-0.2, 0) is 20.9 Å². The minimum atomic E-state index is -6.07.